The van der Waals surface area contributed by atoms with Crippen LogP contribution in [0.5, 0.6) is 5.75 Å². The Hall–Kier alpha value is -3.39. The summed E-state index contributed by atoms with van der Waals surface area (Å²) in [5.41, 5.74) is 9.93. The van der Waals surface area contributed by atoms with Crippen LogP contribution in [0.15, 0.2) is 53.6 Å². The lowest BCUT2D eigenvalue weighted by Crippen LogP contribution is -2.67. The minimum absolute atomic E-state index is 0.0670. The van der Waals surface area contributed by atoms with E-state index >= 15 is 0 Å². The van der Waals surface area contributed by atoms with E-state index in [0.717, 1.165) is 5.56 Å². The smallest absolute Gasteiger partial charge is 0.262 e. The second-order valence-corrected chi connectivity index (χ2v) is 18.7. The Bertz CT molecular complexity index is 1430. The average molecular weight is 670 g/mol. The molecule has 46 heavy (non-hydrogen) atoms. The van der Waals surface area contributed by atoms with E-state index in [4.69, 9.17) is 18.6 Å². The second-order valence-electron chi connectivity index (χ2n) is 12.7. The largest absolute Gasteiger partial charge is 0.497 e. The van der Waals surface area contributed by atoms with E-state index in [9.17, 15) is 19.9 Å². The number of rotatable bonds is 13. The Kier molecular flexibility index (Phi) is 11.6. The van der Waals surface area contributed by atoms with Gasteiger partial charge >= 0.3 is 0 Å². The van der Waals surface area contributed by atoms with Gasteiger partial charge < -0.3 is 24.0 Å². The molecule has 0 radical (unpaired) electrons. The van der Waals surface area contributed by atoms with Gasteiger partial charge in [-0.15, -0.1) is 11.8 Å². The molecule has 2 aromatic carbocycles. The van der Waals surface area contributed by atoms with Crippen molar-refractivity contribution < 1.29 is 33.0 Å². The fourth-order valence-electron chi connectivity index (χ4n) is 5.20. The van der Waals surface area contributed by atoms with Gasteiger partial charge in [-0.05, 0) is 53.5 Å². The molecule has 248 valence electrons. The van der Waals surface area contributed by atoms with Gasteiger partial charge in [0.25, 0.3) is 11.8 Å². The number of benzene rings is 2. The quantitative estimate of drug-likeness (QED) is 0.0960. The number of hydrogen-bond acceptors (Lipinski definition) is 9. The molecule has 2 heterocycles. The maximum atomic E-state index is 14.0. The topological polar surface area (TPSA) is 152 Å². The number of nitrogens with one attached hydrogen (secondary N) is 1. The first-order valence-corrected chi connectivity index (χ1v) is 19.2. The standard InChI is InChI=1S/C32H43N5O7SSi/c1-32(2,3)46(6,7)44-28-26(37-29(39)22-10-8-9-11-23(22)30(37)40)31(45-17-16-25(38)34-4)43-24(18-35-36-33)27(28)42-19-20-12-14-21(41-5)15-13-20/h8-15,24,26-28,31H,16-19H2,1-7H3,(H,34,38)/t24-,26-,27-,28-,31+/m1/s1. The fraction of sp³-hybridized carbons (Fsp3) is 0.531. The number of carbonyl (C=O) groups excluding carboxylic acids is 3. The van der Waals surface area contributed by atoms with Crippen LogP contribution < -0.4 is 10.1 Å². The van der Waals surface area contributed by atoms with Gasteiger partial charge in [-0.3, -0.25) is 19.3 Å². The van der Waals surface area contributed by atoms with E-state index in [1.54, 1.807) is 38.4 Å². The van der Waals surface area contributed by atoms with Gasteiger partial charge in [-0.1, -0.05) is 50.2 Å². The highest BCUT2D eigenvalue weighted by Gasteiger charge is 2.56. The summed E-state index contributed by atoms with van der Waals surface area (Å²) in [6, 6.07) is 13.2. The number of fused-ring (bicyclic) bond motifs is 1. The summed E-state index contributed by atoms with van der Waals surface area (Å²) >= 11 is 1.32. The molecule has 2 aromatic rings. The molecule has 0 bridgehead atoms. The van der Waals surface area contributed by atoms with Gasteiger partial charge in [0, 0.05) is 24.1 Å². The first-order valence-electron chi connectivity index (χ1n) is 15.2. The van der Waals surface area contributed by atoms with Crippen LogP contribution in [0, 0.1) is 0 Å². The zero-order valence-corrected chi connectivity index (χ0v) is 29.2. The van der Waals surface area contributed by atoms with Crippen molar-refractivity contribution in [2.45, 2.75) is 81.7 Å². The molecule has 12 nitrogen and oxygen atoms in total. The number of thioether (sulfide) groups is 1. The highest BCUT2D eigenvalue weighted by Crippen LogP contribution is 2.44. The number of methoxy groups -OCH3 is 1. The average Bonchev–Trinajstić information content (AvgIpc) is 3.28. The molecule has 0 aromatic heterocycles. The van der Waals surface area contributed by atoms with Gasteiger partial charge in [0.1, 0.15) is 23.3 Å². The molecule has 5 atom stereocenters. The van der Waals surface area contributed by atoms with E-state index in [2.05, 4.69) is 49.2 Å². The van der Waals surface area contributed by atoms with Crippen molar-refractivity contribution in [2.24, 2.45) is 5.11 Å². The molecule has 0 spiro atoms. The van der Waals surface area contributed by atoms with Crippen LogP contribution in [0.25, 0.3) is 10.4 Å². The Labute approximate surface area is 275 Å². The molecular weight excluding hydrogens is 627 g/mol. The zero-order valence-electron chi connectivity index (χ0n) is 27.4. The van der Waals surface area contributed by atoms with Gasteiger partial charge in [0.15, 0.2) is 8.32 Å². The zero-order chi connectivity index (χ0) is 33.6. The molecule has 0 aliphatic carbocycles. The number of imide groups is 1. The maximum Gasteiger partial charge on any atom is 0.262 e. The normalized spacial score (nSPS) is 23.1. The molecule has 2 aliphatic heterocycles. The van der Waals surface area contributed by atoms with Crippen molar-refractivity contribution in [3.8, 4) is 5.75 Å². The third-order valence-electron chi connectivity index (χ3n) is 8.79. The number of hydrogen-bond donors (Lipinski definition) is 1. The van der Waals surface area contributed by atoms with Gasteiger partial charge in [0.05, 0.1) is 43.6 Å². The van der Waals surface area contributed by atoms with Crippen LogP contribution >= 0.6 is 11.8 Å². The Morgan fingerprint density at radius 1 is 1.09 bits per heavy atom. The van der Waals surface area contributed by atoms with Crippen LogP contribution in [0.4, 0.5) is 0 Å². The molecule has 3 amide bonds. The third kappa shape index (κ3) is 7.76. The summed E-state index contributed by atoms with van der Waals surface area (Å²) < 4.78 is 25.6. The van der Waals surface area contributed by atoms with E-state index in [1.165, 1.54) is 16.7 Å². The van der Waals surface area contributed by atoms with Crippen molar-refractivity contribution in [2.75, 3.05) is 26.5 Å². The highest BCUT2D eigenvalue weighted by molar-refractivity contribution is 7.99. The molecule has 2 aliphatic rings. The molecule has 1 fully saturated rings. The van der Waals surface area contributed by atoms with Crippen LogP contribution in [0.1, 0.15) is 53.5 Å². The lowest BCUT2D eigenvalue weighted by molar-refractivity contribution is -0.187. The number of amides is 3. The molecule has 0 saturated carbocycles. The van der Waals surface area contributed by atoms with Crippen molar-refractivity contribution >= 4 is 37.8 Å². The summed E-state index contributed by atoms with van der Waals surface area (Å²) in [5, 5.41) is 6.22. The summed E-state index contributed by atoms with van der Waals surface area (Å²) in [4.78, 5) is 44.4. The summed E-state index contributed by atoms with van der Waals surface area (Å²) in [6.07, 6.45) is -2.24. The molecule has 1 saturated heterocycles. The number of nitrogens with zero attached hydrogens (tertiary/aromatic N) is 4. The lowest BCUT2D eigenvalue weighted by Gasteiger charge is -2.52. The van der Waals surface area contributed by atoms with Crippen LogP contribution in [0.2, 0.25) is 18.1 Å². The molecule has 0 unspecified atom stereocenters. The minimum atomic E-state index is -2.59. The van der Waals surface area contributed by atoms with Crippen LogP contribution in [-0.4, -0.2) is 87.2 Å². The summed E-state index contributed by atoms with van der Waals surface area (Å²) in [6.45, 7) is 10.6. The van der Waals surface area contributed by atoms with E-state index in [0.29, 0.717) is 22.6 Å². The van der Waals surface area contributed by atoms with Crippen LogP contribution in [0.3, 0.4) is 0 Å². The van der Waals surface area contributed by atoms with Crippen molar-refractivity contribution in [3.05, 3.63) is 75.7 Å². The molecule has 14 heteroatoms. The second kappa shape index (κ2) is 15.0. The maximum absolute atomic E-state index is 14.0. The van der Waals surface area contributed by atoms with E-state index in [1.807, 2.05) is 24.3 Å². The van der Waals surface area contributed by atoms with Crippen LogP contribution in [-0.2, 0) is 25.3 Å². The van der Waals surface area contributed by atoms with Gasteiger partial charge in [-0.25, -0.2) is 0 Å². The predicted octanol–water partition coefficient (Wildman–Crippen LogP) is 5.54. The molecule has 4 rings (SSSR count). The Balaban J connectivity index is 1.82. The summed E-state index contributed by atoms with van der Waals surface area (Å²) in [7, 11) is 0.564. The van der Waals surface area contributed by atoms with Gasteiger partial charge in [0.2, 0.25) is 5.91 Å². The van der Waals surface area contributed by atoms with E-state index < -0.39 is 49.9 Å². The Morgan fingerprint density at radius 3 is 2.26 bits per heavy atom. The number of ether oxygens (including phenoxy) is 3. The monoisotopic (exact) mass is 669 g/mol. The van der Waals surface area contributed by atoms with E-state index in [-0.39, 0.29) is 30.5 Å². The fourth-order valence-corrected chi connectivity index (χ4v) is 7.74. The van der Waals surface area contributed by atoms with Crippen molar-refractivity contribution in [1.82, 2.24) is 10.2 Å². The number of carbonyl (C=O) groups is 3. The van der Waals surface area contributed by atoms with Crippen molar-refractivity contribution in [1.29, 1.82) is 0 Å². The Morgan fingerprint density at radius 2 is 1.72 bits per heavy atom. The number of azide groups is 1. The predicted molar refractivity (Wildman–Crippen MR) is 178 cm³/mol. The first-order chi connectivity index (χ1) is 21.8. The highest BCUT2D eigenvalue weighted by atomic mass is 32.2. The lowest BCUT2D eigenvalue weighted by atomic mass is 9.96. The van der Waals surface area contributed by atoms with Gasteiger partial charge in [-0.2, -0.15) is 0 Å². The summed E-state index contributed by atoms with van der Waals surface area (Å²) in [5.74, 6) is 0.00527. The minimum Gasteiger partial charge on any atom is -0.497 e. The molecular formula is C32H43N5O7SSi. The third-order valence-corrected chi connectivity index (χ3v) is 14.4. The SMILES string of the molecule is CNC(=O)CCS[C@@H]1O[C@H](CN=[N+]=[N-])[C@@H](OCc2ccc(OC)cc2)[C@H](O[Si](C)(C)C(C)(C)C)[C@H]1N1C(=O)c2ccccc2C1=O. The molecule has 1 N–H and O–H groups in total. The first kappa shape index (κ1) is 35.5. The van der Waals surface area contributed by atoms with Crippen molar-refractivity contribution in [3.63, 3.8) is 0 Å².